The minimum absolute atomic E-state index is 0.0893. The fraction of sp³-hybridized carbons (Fsp3) is 0.250. The van der Waals surface area contributed by atoms with E-state index in [1.807, 2.05) is 30.3 Å². The summed E-state index contributed by atoms with van der Waals surface area (Å²) < 4.78 is 0. The van der Waals surface area contributed by atoms with Crippen molar-refractivity contribution in [2.24, 2.45) is 0 Å². The lowest BCUT2D eigenvalue weighted by atomic mass is 10.1. The van der Waals surface area contributed by atoms with Crippen LogP contribution in [0.15, 0.2) is 36.5 Å². The molecule has 3 N–H and O–H groups in total. The van der Waals surface area contributed by atoms with Gasteiger partial charge in [-0.05, 0) is 12.0 Å². The zero-order chi connectivity index (χ0) is 12.8. The van der Waals surface area contributed by atoms with Crippen molar-refractivity contribution < 1.29 is 4.79 Å². The molecule has 0 aliphatic rings. The number of hydrogen-bond donors (Lipinski definition) is 2. The summed E-state index contributed by atoms with van der Waals surface area (Å²) >= 11 is 0. The molecule has 1 heterocycles. The molecule has 0 fully saturated rings. The maximum atomic E-state index is 11.6. The van der Waals surface area contributed by atoms with Crippen LogP contribution < -0.4 is 11.1 Å². The van der Waals surface area contributed by atoms with E-state index in [4.69, 9.17) is 5.73 Å². The number of nitrogen functional groups attached to an aromatic ring is 1. The van der Waals surface area contributed by atoms with Gasteiger partial charge in [0.05, 0.1) is 6.20 Å². The predicted octanol–water partition coefficient (Wildman–Crippen LogP) is 0.219. The van der Waals surface area contributed by atoms with Crippen molar-refractivity contribution in [1.82, 2.24) is 20.3 Å². The van der Waals surface area contributed by atoms with Gasteiger partial charge in [-0.15, -0.1) is 5.10 Å². The summed E-state index contributed by atoms with van der Waals surface area (Å²) in [6.45, 7) is 0.686. The van der Waals surface area contributed by atoms with Gasteiger partial charge in [0.1, 0.15) is 6.54 Å². The Morgan fingerprint density at radius 3 is 2.78 bits per heavy atom. The monoisotopic (exact) mass is 245 g/mol. The SMILES string of the molecule is Nc1cnn(CC(=O)NCCc2ccccc2)n1. The first-order valence-electron chi connectivity index (χ1n) is 5.70. The van der Waals surface area contributed by atoms with Crippen LogP contribution in [0.5, 0.6) is 0 Å². The van der Waals surface area contributed by atoms with Gasteiger partial charge in [0, 0.05) is 6.54 Å². The van der Waals surface area contributed by atoms with E-state index in [0.29, 0.717) is 12.4 Å². The van der Waals surface area contributed by atoms with E-state index in [1.165, 1.54) is 16.6 Å². The fourth-order valence-electron chi connectivity index (χ4n) is 1.56. The van der Waals surface area contributed by atoms with Gasteiger partial charge >= 0.3 is 0 Å². The number of benzene rings is 1. The number of carbonyl (C=O) groups is 1. The summed E-state index contributed by atoms with van der Waals surface area (Å²) in [6.07, 6.45) is 2.22. The maximum Gasteiger partial charge on any atom is 0.243 e. The molecule has 0 saturated carbocycles. The number of carbonyl (C=O) groups excluding carboxylic acids is 1. The number of anilines is 1. The summed E-state index contributed by atoms with van der Waals surface area (Å²) in [6, 6.07) is 9.99. The summed E-state index contributed by atoms with van der Waals surface area (Å²) in [5.74, 6) is 0.189. The predicted molar refractivity (Wildman–Crippen MR) is 67.6 cm³/mol. The fourth-order valence-corrected chi connectivity index (χ4v) is 1.56. The van der Waals surface area contributed by atoms with Crippen molar-refractivity contribution in [3.05, 3.63) is 42.1 Å². The third-order valence-electron chi connectivity index (χ3n) is 2.42. The Hall–Kier alpha value is -2.37. The number of rotatable bonds is 5. The van der Waals surface area contributed by atoms with E-state index in [1.54, 1.807) is 0 Å². The van der Waals surface area contributed by atoms with Gasteiger partial charge < -0.3 is 11.1 Å². The lowest BCUT2D eigenvalue weighted by Crippen LogP contribution is -2.30. The quantitative estimate of drug-likeness (QED) is 0.789. The average molecular weight is 245 g/mol. The normalized spacial score (nSPS) is 10.2. The van der Waals surface area contributed by atoms with Crippen LogP contribution in [0.25, 0.3) is 0 Å². The standard InChI is InChI=1S/C12H15N5O/c13-11-8-15-17(16-11)9-12(18)14-7-6-10-4-2-1-3-5-10/h1-5,8H,6-7,9H2,(H2,13,16)(H,14,18). The van der Waals surface area contributed by atoms with E-state index in [9.17, 15) is 4.79 Å². The highest BCUT2D eigenvalue weighted by atomic mass is 16.2. The van der Waals surface area contributed by atoms with Crippen LogP contribution in [0.2, 0.25) is 0 Å². The first-order chi connectivity index (χ1) is 8.74. The Labute approximate surface area is 105 Å². The molecule has 0 spiro atoms. The van der Waals surface area contributed by atoms with Gasteiger partial charge in [-0.25, -0.2) is 0 Å². The number of nitrogens with zero attached hydrogens (tertiary/aromatic N) is 3. The van der Waals surface area contributed by atoms with Crippen LogP contribution in [0.1, 0.15) is 5.56 Å². The largest absolute Gasteiger partial charge is 0.381 e. The molecule has 0 aliphatic carbocycles. The Bertz CT molecular complexity index is 508. The zero-order valence-corrected chi connectivity index (χ0v) is 9.91. The summed E-state index contributed by atoms with van der Waals surface area (Å²) in [5, 5.41) is 10.5. The molecule has 0 unspecified atom stereocenters. The van der Waals surface area contributed by atoms with Gasteiger partial charge in [0.2, 0.25) is 5.91 Å². The van der Waals surface area contributed by atoms with Crippen LogP contribution in [-0.2, 0) is 17.8 Å². The molecule has 0 radical (unpaired) electrons. The van der Waals surface area contributed by atoms with Gasteiger partial charge in [-0.3, -0.25) is 4.79 Å². The molecule has 6 nitrogen and oxygen atoms in total. The molecule has 94 valence electrons. The number of nitrogens with two attached hydrogens (primary N) is 1. The highest BCUT2D eigenvalue weighted by molar-refractivity contribution is 5.75. The number of nitrogens with one attached hydrogen (secondary N) is 1. The van der Waals surface area contributed by atoms with Gasteiger partial charge in [-0.2, -0.15) is 9.90 Å². The van der Waals surface area contributed by atoms with Gasteiger partial charge in [-0.1, -0.05) is 30.3 Å². The van der Waals surface area contributed by atoms with Crippen molar-refractivity contribution in [3.63, 3.8) is 0 Å². The molecule has 1 amide bonds. The van der Waals surface area contributed by atoms with Crippen LogP contribution >= 0.6 is 0 Å². The maximum absolute atomic E-state index is 11.6. The van der Waals surface area contributed by atoms with Gasteiger partial charge in [0.15, 0.2) is 5.82 Å². The molecule has 0 saturated heterocycles. The highest BCUT2D eigenvalue weighted by Crippen LogP contribution is 1.98. The van der Waals surface area contributed by atoms with E-state index >= 15 is 0 Å². The van der Waals surface area contributed by atoms with Gasteiger partial charge in [0.25, 0.3) is 0 Å². The molecule has 6 heteroatoms. The van der Waals surface area contributed by atoms with Crippen LogP contribution in [0.3, 0.4) is 0 Å². The molecule has 0 atom stereocenters. The second-order valence-electron chi connectivity index (χ2n) is 3.89. The van der Waals surface area contributed by atoms with E-state index in [-0.39, 0.29) is 12.5 Å². The molecule has 2 rings (SSSR count). The first kappa shape index (κ1) is 12.1. The Kier molecular flexibility index (Phi) is 3.90. The molecular weight excluding hydrogens is 230 g/mol. The topological polar surface area (TPSA) is 85.8 Å². The summed E-state index contributed by atoms with van der Waals surface area (Å²) in [4.78, 5) is 12.8. The smallest absolute Gasteiger partial charge is 0.243 e. The molecular formula is C12H15N5O. The van der Waals surface area contributed by atoms with E-state index in [0.717, 1.165) is 6.42 Å². The van der Waals surface area contributed by atoms with Crippen molar-refractivity contribution in [3.8, 4) is 0 Å². The second-order valence-corrected chi connectivity index (χ2v) is 3.89. The minimum atomic E-state index is -0.124. The summed E-state index contributed by atoms with van der Waals surface area (Å²) in [7, 11) is 0. The van der Waals surface area contributed by atoms with Crippen LogP contribution in [0.4, 0.5) is 5.82 Å². The van der Waals surface area contributed by atoms with Crippen LogP contribution in [-0.4, -0.2) is 27.4 Å². The number of aromatic nitrogens is 3. The average Bonchev–Trinajstić information content (AvgIpc) is 2.76. The van der Waals surface area contributed by atoms with E-state index in [2.05, 4.69) is 15.5 Å². The van der Waals surface area contributed by atoms with Crippen molar-refractivity contribution in [2.45, 2.75) is 13.0 Å². The summed E-state index contributed by atoms with van der Waals surface area (Å²) in [5.41, 5.74) is 6.60. The molecule has 0 bridgehead atoms. The first-order valence-corrected chi connectivity index (χ1v) is 5.70. The third-order valence-corrected chi connectivity index (χ3v) is 2.42. The van der Waals surface area contributed by atoms with Crippen molar-refractivity contribution in [2.75, 3.05) is 12.3 Å². The molecule has 1 aromatic carbocycles. The Morgan fingerprint density at radius 1 is 1.33 bits per heavy atom. The molecule has 18 heavy (non-hydrogen) atoms. The molecule has 1 aromatic heterocycles. The Morgan fingerprint density at radius 2 is 2.11 bits per heavy atom. The minimum Gasteiger partial charge on any atom is -0.381 e. The lowest BCUT2D eigenvalue weighted by Gasteiger charge is -2.04. The van der Waals surface area contributed by atoms with E-state index < -0.39 is 0 Å². The van der Waals surface area contributed by atoms with Crippen LogP contribution in [0, 0.1) is 0 Å². The molecule has 2 aromatic rings. The number of hydrogen-bond acceptors (Lipinski definition) is 4. The molecule has 0 aliphatic heterocycles. The van der Waals surface area contributed by atoms with Crippen molar-refractivity contribution >= 4 is 11.7 Å². The van der Waals surface area contributed by atoms with Crippen molar-refractivity contribution in [1.29, 1.82) is 0 Å². The third kappa shape index (κ3) is 3.58. The second kappa shape index (κ2) is 5.81. The lowest BCUT2D eigenvalue weighted by molar-refractivity contribution is -0.122. The number of amides is 1. The Balaban J connectivity index is 1.72. The zero-order valence-electron chi connectivity index (χ0n) is 9.91. The highest BCUT2D eigenvalue weighted by Gasteiger charge is 2.04.